The van der Waals surface area contributed by atoms with Crippen molar-refractivity contribution in [3.8, 4) is 22.8 Å². The number of aromatic nitrogens is 2. The molecule has 0 aliphatic carbocycles. The molecule has 28 heavy (non-hydrogen) atoms. The first kappa shape index (κ1) is 19.2. The van der Waals surface area contributed by atoms with E-state index in [0.717, 1.165) is 11.1 Å². The molecule has 7 heteroatoms. The molecule has 0 aliphatic heterocycles. The van der Waals surface area contributed by atoms with Crippen molar-refractivity contribution < 1.29 is 19.0 Å². The van der Waals surface area contributed by atoms with Crippen LogP contribution in [0.4, 0.5) is 0 Å². The molecule has 0 saturated heterocycles. The lowest BCUT2D eigenvalue weighted by Crippen LogP contribution is -2.22. The molecule has 0 radical (unpaired) electrons. The minimum Gasteiger partial charge on any atom is -0.493 e. The molecule has 0 unspecified atom stereocenters. The first-order valence-corrected chi connectivity index (χ1v) is 8.53. The molecule has 1 aromatic heterocycles. The molecule has 0 atom stereocenters. The second-order valence-electron chi connectivity index (χ2n) is 5.97. The fourth-order valence-electron chi connectivity index (χ4n) is 2.75. The lowest BCUT2D eigenvalue weighted by molar-refractivity contribution is 0.0600. The summed E-state index contributed by atoms with van der Waals surface area (Å²) in [4.78, 5) is 23.8. The normalized spacial score (nSPS) is 10.4. The van der Waals surface area contributed by atoms with E-state index >= 15 is 0 Å². The van der Waals surface area contributed by atoms with Crippen molar-refractivity contribution in [2.45, 2.75) is 6.54 Å². The van der Waals surface area contributed by atoms with Crippen molar-refractivity contribution >= 4 is 5.97 Å². The summed E-state index contributed by atoms with van der Waals surface area (Å²) in [6.07, 6.45) is 0. The lowest BCUT2D eigenvalue weighted by atomic mass is 10.1. The maximum Gasteiger partial charge on any atom is 0.337 e. The van der Waals surface area contributed by atoms with Gasteiger partial charge in [0.1, 0.15) is 0 Å². The minimum atomic E-state index is -0.405. The monoisotopic (exact) mass is 380 g/mol. The van der Waals surface area contributed by atoms with Crippen LogP contribution in [0.2, 0.25) is 0 Å². The third-order valence-corrected chi connectivity index (χ3v) is 4.25. The van der Waals surface area contributed by atoms with Crippen LogP contribution in [-0.2, 0) is 11.3 Å². The molecule has 144 valence electrons. The van der Waals surface area contributed by atoms with Crippen molar-refractivity contribution in [3.05, 3.63) is 76.1 Å². The van der Waals surface area contributed by atoms with E-state index < -0.39 is 5.97 Å². The Morgan fingerprint density at radius 2 is 1.64 bits per heavy atom. The number of esters is 1. The SMILES string of the molecule is COC(=O)c1ccc(Cn2nc(-c3ccc(OC)c(OC)c3)ccc2=O)cc1. The van der Waals surface area contributed by atoms with Crippen LogP contribution in [0, 0.1) is 0 Å². The average molecular weight is 380 g/mol. The van der Waals surface area contributed by atoms with Gasteiger partial charge in [0.2, 0.25) is 0 Å². The zero-order chi connectivity index (χ0) is 20.1. The summed E-state index contributed by atoms with van der Waals surface area (Å²) in [7, 11) is 4.47. The standard InChI is InChI=1S/C21H20N2O5/c1-26-18-10-8-16(12-19(18)27-2)17-9-11-20(24)23(22-17)13-14-4-6-15(7-5-14)21(25)28-3/h4-12H,13H2,1-3H3. The highest BCUT2D eigenvalue weighted by molar-refractivity contribution is 5.89. The maximum atomic E-state index is 12.2. The zero-order valence-electron chi connectivity index (χ0n) is 15.8. The first-order chi connectivity index (χ1) is 13.5. The Labute approximate surface area is 162 Å². The number of rotatable bonds is 6. The quantitative estimate of drug-likeness (QED) is 0.612. The van der Waals surface area contributed by atoms with Crippen LogP contribution in [0.1, 0.15) is 15.9 Å². The van der Waals surface area contributed by atoms with Crippen LogP contribution < -0.4 is 15.0 Å². The Hall–Kier alpha value is -3.61. The highest BCUT2D eigenvalue weighted by atomic mass is 16.5. The van der Waals surface area contributed by atoms with Gasteiger partial charge in [-0.3, -0.25) is 4.79 Å². The first-order valence-electron chi connectivity index (χ1n) is 8.53. The molecule has 0 spiro atoms. The minimum absolute atomic E-state index is 0.221. The van der Waals surface area contributed by atoms with E-state index in [4.69, 9.17) is 9.47 Å². The predicted octanol–water partition coefficient (Wildman–Crippen LogP) is 2.76. The molecule has 7 nitrogen and oxygen atoms in total. The topological polar surface area (TPSA) is 79.7 Å². The average Bonchev–Trinajstić information content (AvgIpc) is 2.74. The summed E-state index contributed by atoms with van der Waals surface area (Å²) in [5.74, 6) is 0.792. The molecule has 0 amide bonds. The summed E-state index contributed by atoms with van der Waals surface area (Å²) in [5, 5.41) is 4.46. The molecule has 0 N–H and O–H groups in total. The number of carbonyl (C=O) groups excluding carboxylic acids is 1. The number of hydrogen-bond donors (Lipinski definition) is 0. The molecule has 3 rings (SSSR count). The third-order valence-electron chi connectivity index (χ3n) is 4.25. The van der Waals surface area contributed by atoms with Crippen molar-refractivity contribution in [2.75, 3.05) is 21.3 Å². The van der Waals surface area contributed by atoms with Crippen LogP contribution in [0.15, 0.2) is 59.4 Å². The van der Waals surface area contributed by atoms with E-state index in [0.29, 0.717) is 22.8 Å². The van der Waals surface area contributed by atoms with Crippen LogP contribution in [0.25, 0.3) is 11.3 Å². The summed E-state index contributed by atoms with van der Waals surface area (Å²) >= 11 is 0. The largest absolute Gasteiger partial charge is 0.493 e. The van der Waals surface area contributed by atoms with E-state index in [1.807, 2.05) is 6.07 Å². The van der Waals surface area contributed by atoms with E-state index in [1.165, 1.54) is 17.9 Å². The van der Waals surface area contributed by atoms with Gasteiger partial charge in [-0.05, 0) is 42.0 Å². The number of hydrogen-bond acceptors (Lipinski definition) is 6. The van der Waals surface area contributed by atoms with Crippen LogP contribution in [0.5, 0.6) is 11.5 Å². The summed E-state index contributed by atoms with van der Waals surface area (Å²) in [5.41, 5.74) is 2.50. The highest BCUT2D eigenvalue weighted by Crippen LogP contribution is 2.31. The summed E-state index contributed by atoms with van der Waals surface area (Å²) in [6, 6.07) is 15.4. The number of carbonyl (C=O) groups is 1. The Balaban J connectivity index is 1.90. The van der Waals surface area contributed by atoms with Crippen LogP contribution >= 0.6 is 0 Å². The van der Waals surface area contributed by atoms with Crippen molar-refractivity contribution in [1.82, 2.24) is 9.78 Å². The van der Waals surface area contributed by atoms with Gasteiger partial charge in [0.05, 0.1) is 39.1 Å². The fourth-order valence-corrected chi connectivity index (χ4v) is 2.75. The van der Waals surface area contributed by atoms with Crippen LogP contribution in [-0.4, -0.2) is 37.1 Å². The summed E-state index contributed by atoms with van der Waals surface area (Å²) < 4.78 is 16.6. The molecule has 0 bridgehead atoms. The summed E-state index contributed by atoms with van der Waals surface area (Å²) in [6.45, 7) is 0.279. The smallest absolute Gasteiger partial charge is 0.337 e. The van der Waals surface area contributed by atoms with Gasteiger partial charge in [0.25, 0.3) is 5.56 Å². The Morgan fingerprint density at radius 1 is 0.929 bits per heavy atom. The van der Waals surface area contributed by atoms with E-state index in [-0.39, 0.29) is 12.1 Å². The second-order valence-corrected chi connectivity index (χ2v) is 5.97. The van der Waals surface area contributed by atoms with E-state index in [9.17, 15) is 9.59 Å². The molecule has 0 saturated carbocycles. The molecule has 0 aliphatic rings. The van der Waals surface area contributed by atoms with Gasteiger partial charge in [-0.2, -0.15) is 5.10 Å². The highest BCUT2D eigenvalue weighted by Gasteiger charge is 2.10. The molecule has 3 aromatic rings. The number of methoxy groups -OCH3 is 3. The van der Waals surface area contributed by atoms with Crippen molar-refractivity contribution in [1.29, 1.82) is 0 Å². The fraction of sp³-hybridized carbons (Fsp3) is 0.190. The van der Waals surface area contributed by atoms with Gasteiger partial charge >= 0.3 is 5.97 Å². The number of benzene rings is 2. The van der Waals surface area contributed by atoms with Crippen molar-refractivity contribution in [3.63, 3.8) is 0 Å². The van der Waals surface area contributed by atoms with Gasteiger partial charge in [0, 0.05) is 11.6 Å². The maximum absolute atomic E-state index is 12.2. The van der Waals surface area contributed by atoms with Gasteiger partial charge in [-0.1, -0.05) is 12.1 Å². The molecular formula is C21H20N2O5. The van der Waals surface area contributed by atoms with E-state index in [2.05, 4.69) is 9.84 Å². The Bertz CT molecular complexity index is 1040. The Kier molecular flexibility index (Phi) is 5.74. The lowest BCUT2D eigenvalue weighted by Gasteiger charge is -2.11. The van der Waals surface area contributed by atoms with Gasteiger partial charge in [0.15, 0.2) is 11.5 Å². The third kappa shape index (κ3) is 4.03. The van der Waals surface area contributed by atoms with E-state index in [1.54, 1.807) is 56.7 Å². The van der Waals surface area contributed by atoms with Gasteiger partial charge in [-0.15, -0.1) is 0 Å². The molecule has 1 heterocycles. The Morgan fingerprint density at radius 3 is 2.29 bits per heavy atom. The second kappa shape index (κ2) is 8.39. The predicted molar refractivity (Wildman–Crippen MR) is 104 cm³/mol. The molecular weight excluding hydrogens is 360 g/mol. The number of ether oxygens (including phenoxy) is 3. The zero-order valence-corrected chi connectivity index (χ0v) is 15.8. The van der Waals surface area contributed by atoms with Gasteiger partial charge < -0.3 is 14.2 Å². The van der Waals surface area contributed by atoms with Crippen molar-refractivity contribution in [2.24, 2.45) is 0 Å². The molecule has 0 fully saturated rings. The molecule has 2 aromatic carbocycles. The van der Waals surface area contributed by atoms with Crippen LogP contribution in [0.3, 0.4) is 0 Å². The van der Waals surface area contributed by atoms with Gasteiger partial charge in [-0.25, -0.2) is 9.48 Å². The number of nitrogens with zero attached hydrogens (tertiary/aromatic N) is 2.